The fourth-order valence-electron chi connectivity index (χ4n) is 3.58. The molecule has 1 N–H and O–H groups in total. The van der Waals surface area contributed by atoms with Gasteiger partial charge >= 0.3 is 0 Å². The second-order valence-corrected chi connectivity index (χ2v) is 8.39. The number of para-hydroxylation sites is 1. The number of thioether (sulfide) groups is 1. The Hall–Kier alpha value is -2.93. The zero-order valence-electron chi connectivity index (χ0n) is 17.0. The first-order valence-electron chi connectivity index (χ1n) is 10.1. The van der Waals surface area contributed by atoms with E-state index in [2.05, 4.69) is 17.2 Å². The Labute approximate surface area is 178 Å². The van der Waals surface area contributed by atoms with Crippen LogP contribution in [-0.4, -0.2) is 27.0 Å². The number of Topliss-reactive ketones (excluding diaryl/α,β-unsaturated/α-hetero) is 1. The Morgan fingerprint density at radius 1 is 1.20 bits per heavy atom. The number of hydrogen-bond donors (Lipinski definition) is 1. The van der Waals surface area contributed by atoms with Crippen molar-refractivity contribution in [1.29, 1.82) is 0 Å². The van der Waals surface area contributed by atoms with Crippen LogP contribution in [0.4, 0.5) is 5.69 Å². The number of nitrogens with zero attached hydrogens (tertiary/aromatic N) is 2. The van der Waals surface area contributed by atoms with E-state index in [0.29, 0.717) is 28.2 Å². The van der Waals surface area contributed by atoms with Crippen molar-refractivity contribution < 1.29 is 9.59 Å². The first-order chi connectivity index (χ1) is 14.5. The number of carbonyl (C=O) groups is 2. The number of benzene rings is 2. The van der Waals surface area contributed by atoms with Gasteiger partial charge in [0, 0.05) is 17.8 Å². The van der Waals surface area contributed by atoms with Crippen LogP contribution in [0.1, 0.15) is 48.5 Å². The topological polar surface area (TPSA) is 81.1 Å². The lowest BCUT2D eigenvalue weighted by Crippen LogP contribution is -2.24. The van der Waals surface area contributed by atoms with Crippen LogP contribution in [0, 0.1) is 0 Å². The number of unbranched alkanes of at least 4 members (excludes halogenated alkanes) is 1. The standard InChI is InChI=1S/C23H23N3O3S/c1-3-4-11-26-22(29)16-7-5-6-8-18(16)25-23(26)30-13-20(27)15-9-10-19-17(12-15)14(2)21(28)24-19/h5-10,12,14H,3-4,11,13H2,1-2H3,(H,24,28)/t14-/m0/s1. The van der Waals surface area contributed by atoms with Gasteiger partial charge in [-0.3, -0.25) is 19.0 Å². The molecular weight excluding hydrogens is 398 g/mol. The predicted octanol–water partition coefficient (Wildman–Crippen LogP) is 4.23. The molecule has 3 aromatic rings. The maximum Gasteiger partial charge on any atom is 0.262 e. The molecule has 0 spiro atoms. The van der Waals surface area contributed by atoms with Gasteiger partial charge in [0.1, 0.15) is 0 Å². The molecule has 0 aliphatic carbocycles. The van der Waals surface area contributed by atoms with Crippen LogP contribution in [0.2, 0.25) is 0 Å². The summed E-state index contributed by atoms with van der Waals surface area (Å²) in [7, 11) is 0. The second-order valence-electron chi connectivity index (χ2n) is 7.45. The Morgan fingerprint density at radius 3 is 2.80 bits per heavy atom. The molecule has 0 bridgehead atoms. The molecule has 7 heteroatoms. The fourth-order valence-corrected chi connectivity index (χ4v) is 4.49. The first-order valence-corrected chi connectivity index (χ1v) is 11.1. The minimum atomic E-state index is -0.262. The largest absolute Gasteiger partial charge is 0.325 e. The molecular formula is C23H23N3O3S. The van der Waals surface area contributed by atoms with Gasteiger partial charge in [-0.15, -0.1) is 0 Å². The summed E-state index contributed by atoms with van der Waals surface area (Å²) in [6.45, 7) is 4.48. The summed E-state index contributed by atoms with van der Waals surface area (Å²) in [6, 6.07) is 12.6. The van der Waals surface area contributed by atoms with Crippen molar-refractivity contribution in [3.8, 4) is 0 Å². The van der Waals surface area contributed by atoms with Gasteiger partial charge in [0.25, 0.3) is 5.56 Å². The zero-order chi connectivity index (χ0) is 21.3. The van der Waals surface area contributed by atoms with E-state index in [1.807, 2.05) is 25.1 Å². The van der Waals surface area contributed by atoms with Gasteiger partial charge in [-0.25, -0.2) is 4.98 Å². The number of ketones is 1. The van der Waals surface area contributed by atoms with Crippen molar-refractivity contribution in [3.63, 3.8) is 0 Å². The highest BCUT2D eigenvalue weighted by atomic mass is 32.2. The Morgan fingerprint density at radius 2 is 2.00 bits per heavy atom. The molecule has 1 amide bonds. The van der Waals surface area contributed by atoms with Crippen LogP contribution in [0.5, 0.6) is 0 Å². The number of nitrogens with one attached hydrogen (secondary N) is 1. The summed E-state index contributed by atoms with van der Waals surface area (Å²) >= 11 is 1.28. The van der Waals surface area contributed by atoms with Crippen molar-refractivity contribution in [2.45, 2.75) is 44.3 Å². The number of fused-ring (bicyclic) bond motifs is 2. The molecule has 0 unspecified atom stereocenters. The van der Waals surface area contributed by atoms with E-state index in [0.717, 1.165) is 24.1 Å². The number of anilines is 1. The lowest BCUT2D eigenvalue weighted by Gasteiger charge is -2.12. The normalized spacial score (nSPS) is 15.3. The summed E-state index contributed by atoms with van der Waals surface area (Å²) in [5, 5.41) is 3.97. The van der Waals surface area contributed by atoms with Crippen LogP contribution in [0.3, 0.4) is 0 Å². The van der Waals surface area contributed by atoms with E-state index in [1.54, 1.807) is 28.8 Å². The van der Waals surface area contributed by atoms with Crippen LogP contribution in [0.15, 0.2) is 52.4 Å². The third-order valence-electron chi connectivity index (χ3n) is 5.39. The SMILES string of the molecule is CCCCn1c(SCC(=O)c2ccc3c(c2)[C@H](C)C(=O)N3)nc2ccccc2c1=O. The molecule has 154 valence electrons. The average molecular weight is 422 g/mol. The summed E-state index contributed by atoms with van der Waals surface area (Å²) < 4.78 is 1.68. The highest BCUT2D eigenvalue weighted by molar-refractivity contribution is 7.99. The number of rotatable bonds is 7. The highest BCUT2D eigenvalue weighted by Gasteiger charge is 2.27. The average Bonchev–Trinajstić information content (AvgIpc) is 3.04. The maximum absolute atomic E-state index is 13.0. The second kappa shape index (κ2) is 8.44. The molecule has 4 rings (SSSR count). The summed E-state index contributed by atoms with van der Waals surface area (Å²) in [6.07, 6.45) is 1.83. The lowest BCUT2D eigenvalue weighted by molar-refractivity contribution is -0.116. The van der Waals surface area contributed by atoms with Crippen LogP contribution < -0.4 is 10.9 Å². The minimum Gasteiger partial charge on any atom is -0.325 e. The van der Waals surface area contributed by atoms with Crippen molar-refractivity contribution in [2.24, 2.45) is 0 Å². The molecule has 1 atom stereocenters. The van der Waals surface area contributed by atoms with Gasteiger partial charge in [-0.2, -0.15) is 0 Å². The number of amides is 1. The molecule has 2 aromatic carbocycles. The molecule has 2 heterocycles. The van der Waals surface area contributed by atoms with Crippen LogP contribution >= 0.6 is 11.8 Å². The molecule has 0 fully saturated rings. The molecule has 1 aliphatic rings. The number of carbonyl (C=O) groups excluding carboxylic acids is 2. The first kappa shape index (κ1) is 20.3. The van der Waals surface area contributed by atoms with Crippen molar-refractivity contribution in [3.05, 3.63) is 63.9 Å². The number of aromatic nitrogens is 2. The third-order valence-corrected chi connectivity index (χ3v) is 6.36. The minimum absolute atomic E-state index is 0.0516. The van der Waals surface area contributed by atoms with Crippen molar-refractivity contribution >= 4 is 40.0 Å². The quantitative estimate of drug-likeness (QED) is 0.351. The molecule has 0 radical (unpaired) electrons. The van der Waals surface area contributed by atoms with E-state index in [1.165, 1.54) is 11.8 Å². The van der Waals surface area contributed by atoms with Gasteiger partial charge in [0.15, 0.2) is 10.9 Å². The van der Waals surface area contributed by atoms with Gasteiger partial charge in [-0.1, -0.05) is 37.2 Å². The summed E-state index contributed by atoms with van der Waals surface area (Å²) in [5.41, 5.74) is 2.75. The Balaban J connectivity index is 1.60. The molecule has 0 saturated carbocycles. The van der Waals surface area contributed by atoms with Crippen LogP contribution in [-0.2, 0) is 11.3 Å². The Bertz CT molecular complexity index is 1200. The van der Waals surface area contributed by atoms with Gasteiger partial charge in [-0.05, 0) is 49.2 Å². The number of hydrogen-bond acceptors (Lipinski definition) is 5. The van der Waals surface area contributed by atoms with Crippen LogP contribution in [0.25, 0.3) is 10.9 Å². The summed E-state index contributed by atoms with van der Waals surface area (Å²) in [5.74, 6) is -0.198. The zero-order valence-corrected chi connectivity index (χ0v) is 17.8. The van der Waals surface area contributed by atoms with E-state index >= 15 is 0 Å². The highest BCUT2D eigenvalue weighted by Crippen LogP contribution is 2.33. The molecule has 1 aromatic heterocycles. The van der Waals surface area contributed by atoms with E-state index in [9.17, 15) is 14.4 Å². The van der Waals surface area contributed by atoms with Gasteiger partial charge < -0.3 is 5.32 Å². The molecule has 6 nitrogen and oxygen atoms in total. The molecule has 30 heavy (non-hydrogen) atoms. The predicted molar refractivity (Wildman–Crippen MR) is 119 cm³/mol. The lowest BCUT2D eigenvalue weighted by atomic mass is 9.99. The van der Waals surface area contributed by atoms with E-state index in [4.69, 9.17) is 0 Å². The Kier molecular flexibility index (Phi) is 5.72. The van der Waals surface area contributed by atoms with Gasteiger partial charge in [0.2, 0.25) is 5.91 Å². The van der Waals surface area contributed by atoms with Gasteiger partial charge in [0.05, 0.1) is 22.6 Å². The smallest absolute Gasteiger partial charge is 0.262 e. The van der Waals surface area contributed by atoms with Crippen molar-refractivity contribution in [1.82, 2.24) is 9.55 Å². The van der Waals surface area contributed by atoms with E-state index < -0.39 is 0 Å². The van der Waals surface area contributed by atoms with E-state index in [-0.39, 0.29) is 28.9 Å². The molecule has 1 aliphatic heterocycles. The maximum atomic E-state index is 13.0. The summed E-state index contributed by atoms with van der Waals surface area (Å²) in [4.78, 5) is 42.3. The third kappa shape index (κ3) is 3.77. The van der Waals surface area contributed by atoms with Crippen molar-refractivity contribution in [2.75, 3.05) is 11.1 Å². The monoisotopic (exact) mass is 421 g/mol. The fraction of sp³-hybridized carbons (Fsp3) is 0.304. The molecule has 0 saturated heterocycles.